The molecule has 0 aliphatic carbocycles. The molecule has 1 aliphatic heterocycles. The van der Waals surface area contributed by atoms with Gasteiger partial charge in [-0.05, 0) is 18.9 Å². The van der Waals surface area contributed by atoms with E-state index in [0.717, 1.165) is 25.1 Å². The molecule has 0 bridgehead atoms. The number of piperidine rings is 1. The number of nitrogens with zero attached hydrogens (tertiary/aromatic N) is 3. The van der Waals surface area contributed by atoms with Crippen molar-refractivity contribution in [1.29, 1.82) is 0 Å². The third-order valence-corrected chi connectivity index (χ3v) is 3.59. The Balaban J connectivity index is 2.05. The van der Waals surface area contributed by atoms with E-state index in [4.69, 9.17) is 0 Å². The lowest BCUT2D eigenvalue weighted by Gasteiger charge is -2.29. The molecule has 1 aromatic rings. The van der Waals surface area contributed by atoms with E-state index in [1.165, 1.54) is 0 Å². The summed E-state index contributed by atoms with van der Waals surface area (Å²) in [6, 6.07) is 1.95. The van der Waals surface area contributed by atoms with Crippen LogP contribution in [0.25, 0.3) is 0 Å². The molecule has 4 nitrogen and oxygen atoms in total. The van der Waals surface area contributed by atoms with E-state index in [9.17, 15) is 4.79 Å². The molecule has 1 aromatic heterocycles. The zero-order valence-electron chi connectivity index (χ0n) is 8.69. The Labute approximate surface area is 97.4 Å². The molecular formula is C10H14BrN3O. The second-order valence-electron chi connectivity index (χ2n) is 3.82. The third kappa shape index (κ3) is 2.22. The van der Waals surface area contributed by atoms with Crippen LogP contribution in [-0.2, 0) is 18.4 Å². The summed E-state index contributed by atoms with van der Waals surface area (Å²) >= 11 is 3.40. The van der Waals surface area contributed by atoms with Crippen LogP contribution in [0.15, 0.2) is 12.3 Å². The maximum absolute atomic E-state index is 11.8. The number of alkyl halides is 1. The van der Waals surface area contributed by atoms with Gasteiger partial charge in [-0.3, -0.25) is 9.48 Å². The Morgan fingerprint density at radius 2 is 2.47 bits per heavy atom. The highest BCUT2D eigenvalue weighted by Gasteiger charge is 2.26. The lowest BCUT2D eigenvalue weighted by atomic mass is 10.1. The summed E-state index contributed by atoms with van der Waals surface area (Å²) in [6.45, 7) is 1.52. The van der Waals surface area contributed by atoms with Crippen LogP contribution < -0.4 is 0 Å². The van der Waals surface area contributed by atoms with Crippen LogP contribution in [0.3, 0.4) is 0 Å². The molecule has 0 N–H and O–H groups in total. The van der Waals surface area contributed by atoms with Crippen LogP contribution in [0.5, 0.6) is 0 Å². The fraction of sp³-hybridized carbons (Fsp3) is 0.600. The van der Waals surface area contributed by atoms with Crippen molar-refractivity contribution in [2.24, 2.45) is 7.05 Å². The van der Waals surface area contributed by atoms with E-state index >= 15 is 0 Å². The molecule has 1 amide bonds. The molecule has 0 aromatic carbocycles. The fourth-order valence-electron chi connectivity index (χ4n) is 1.80. The van der Waals surface area contributed by atoms with E-state index in [-0.39, 0.29) is 10.7 Å². The summed E-state index contributed by atoms with van der Waals surface area (Å²) in [6.07, 6.45) is 3.77. The van der Waals surface area contributed by atoms with Crippen molar-refractivity contribution in [2.45, 2.75) is 24.2 Å². The fourth-order valence-corrected chi connectivity index (χ4v) is 2.42. The number of aromatic nitrogens is 2. The van der Waals surface area contributed by atoms with E-state index in [2.05, 4.69) is 21.0 Å². The molecular weight excluding hydrogens is 258 g/mol. The quantitative estimate of drug-likeness (QED) is 0.761. The van der Waals surface area contributed by atoms with Crippen LogP contribution in [-0.4, -0.2) is 32.0 Å². The number of likely N-dealkylation sites (tertiary alicyclic amines) is 1. The summed E-state index contributed by atoms with van der Waals surface area (Å²) in [5, 5.41) is 4.09. The van der Waals surface area contributed by atoms with Gasteiger partial charge in [0, 0.05) is 19.8 Å². The van der Waals surface area contributed by atoms with Crippen molar-refractivity contribution in [3.8, 4) is 0 Å². The van der Waals surface area contributed by atoms with E-state index in [1.54, 1.807) is 6.20 Å². The number of hydrogen-bond acceptors (Lipinski definition) is 2. The largest absolute Gasteiger partial charge is 0.336 e. The molecule has 5 heteroatoms. The highest BCUT2D eigenvalue weighted by Crippen LogP contribution is 2.19. The minimum Gasteiger partial charge on any atom is -0.336 e. The van der Waals surface area contributed by atoms with Gasteiger partial charge in [0.2, 0.25) is 5.91 Å². The second-order valence-corrected chi connectivity index (χ2v) is 4.92. The number of hydrogen-bond donors (Lipinski definition) is 0. The predicted molar refractivity (Wildman–Crippen MR) is 60.6 cm³/mol. The van der Waals surface area contributed by atoms with Gasteiger partial charge in [-0.25, -0.2) is 0 Å². The van der Waals surface area contributed by atoms with Crippen molar-refractivity contribution in [3.05, 3.63) is 18.0 Å². The predicted octanol–water partition coefficient (Wildman–Crippen LogP) is 1.31. The van der Waals surface area contributed by atoms with Crippen molar-refractivity contribution in [1.82, 2.24) is 14.7 Å². The van der Waals surface area contributed by atoms with Crippen LogP contribution in [0.1, 0.15) is 18.5 Å². The standard InChI is InChI=1S/C10H14BrN3O/c1-13-8(4-5-12-13)7-14-6-2-3-9(11)10(14)15/h4-5,9H,2-3,6-7H2,1H3. The monoisotopic (exact) mass is 271 g/mol. The number of rotatable bonds is 2. The zero-order valence-corrected chi connectivity index (χ0v) is 10.3. The molecule has 1 fully saturated rings. The average molecular weight is 272 g/mol. The van der Waals surface area contributed by atoms with Crippen molar-refractivity contribution >= 4 is 21.8 Å². The molecule has 1 saturated heterocycles. The first-order valence-corrected chi connectivity index (χ1v) is 6.00. The first-order valence-electron chi connectivity index (χ1n) is 5.08. The number of carbonyl (C=O) groups excluding carboxylic acids is 1. The Kier molecular flexibility index (Phi) is 3.09. The lowest BCUT2D eigenvalue weighted by molar-refractivity contribution is -0.133. The minimum absolute atomic E-state index is 0.000484. The zero-order chi connectivity index (χ0) is 10.8. The molecule has 2 rings (SSSR count). The number of carbonyl (C=O) groups is 1. The van der Waals surface area contributed by atoms with Gasteiger partial charge in [-0.2, -0.15) is 5.10 Å². The molecule has 82 valence electrons. The molecule has 2 heterocycles. The van der Waals surface area contributed by atoms with Crippen molar-refractivity contribution in [2.75, 3.05) is 6.54 Å². The maximum atomic E-state index is 11.8. The van der Waals surface area contributed by atoms with Gasteiger partial charge in [-0.15, -0.1) is 0 Å². The summed E-state index contributed by atoms with van der Waals surface area (Å²) < 4.78 is 1.81. The van der Waals surface area contributed by atoms with Crippen molar-refractivity contribution in [3.63, 3.8) is 0 Å². The number of aryl methyl sites for hydroxylation is 1. The first-order chi connectivity index (χ1) is 7.18. The number of halogens is 1. The van der Waals surface area contributed by atoms with E-state index < -0.39 is 0 Å². The van der Waals surface area contributed by atoms with Gasteiger partial charge in [-0.1, -0.05) is 15.9 Å². The smallest absolute Gasteiger partial charge is 0.236 e. The van der Waals surface area contributed by atoms with Crippen LogP contribution >= 0.6 is 15.9 Å². The van der Waals surface area contributed by atoms with Gasteiger partial charge in [0.05, 0.1) is 17.1 Å². The molecule has 0 spiro atoms. The van der Waals surface area contributed by atoms with Gasteiger partial charge in [0.25, 0.3) is 0 Å². The summed E-state index contributed by atoms with van der Waals surface area (Å²) in [5.41, 5.74) is 1.07. The highest BCUT2D eigenvalue weighted by molar-refractivity contribution is 9.10. The molecule has 0 saturated carbocycles. The summed E-state index contributed by atoms with van der Waals surface area (Å²) in [5.74, 6) is 0.197. The van der Waals surface area contributed by atoms with Gasteiger partial charge < -0.3 is 4.90 Å². The topological polar surface area (TPSA) is 38.1 Å². The highest BCUT2D eigenvalue weighted by atomic mass is 79.9. The van der Waals surface area contributed by atoms with Gasteiger partial charge in [0.1, 0.15) is 0 Å². The van der Waals surface area contributed by atoms with Gasteiger partial charge in [0.15, 0.2) is 0 Å². The number of amides is 1. The Bertz CT molecular complexity index is 363. The molecule has 0 radical (unpaired) electrons. The maximum Gasteiger partial charge on any atom is 0.236 e. The summed E-state index contributed by atoms with van der Waals surface area (Å²) in [4.78, 5) is 13.7. The van der Waals surface area contributed by atoms with Crippen molar-refractivity contribution < 1.29 is 4.79 Å². The van der Waals surface area contributed by atoms with Crippen LogP contribution in [0.2, 0.25) is 0 Å². The van der Waals surface area contributed by atoms with E-state index in [0.29, 0.717) is 6.54 Å². The normalized spacial score (nSPS) is 22.1. The lowest BCUT2D eigenvalue weighted by Crippen LogP contribution is -2.41. The van der Waals surface area contributed by atoms with E-state index in [1.807, 2.05) is 22.7 Å². The molecule has 1 aliphatic rings. The van der Waals surface area contributed by atoms with Gasteiger partial charge >= 0.3 is 0 Å². The van der Waals surface area contributed by atoms with Crippen LogP contribution in [0.4, 0.5) is 0 Å². The average Bonchev–Trinajstić information content (AvgIpc) is 2.60. The SMILES string of the molecule is Cn1nccc1CN1CCCC(Br)C1=O. The first kappa shape index (κ1) is 10.7. The molecule has 1 atom stereocenters. The van der Waals surface area contributed by atoms with Crippen LogP contribution in [0, 0.1) is 0 Å². The molecule has 1 unspecified atom stereocenters. The Hall–Kier alpha value is -0.840. The third-order valence-electron chi connectivity index (χ3n) is 2.74. The Morgan fingerprint density at radius 3 is 3.13 bits per heavy atom. The Morgan fingerprint density at radius 1 is 1.67 bits per heavy atom. The minimum atomic E-state index is -0.000484. The molecule has 15 heavy (non-hydrogen) atoms. The summed E-state index contributed by atoms with van der Waals surface area (Å²) in [7, 11) is 1.90. The second kappa shape index (κ2) is 4.35.